The zero-order valence-corrected chi connectivity index (χ0v) is 13.7. The maximum absolute atomic E-state index is 13.7. The van der Waals surface area contributed by atoms with Gasteiger partial charge in [-0.1, -0.05) is 31.4 Å². The fourth-order valence-electron chi connectivity index (χ4n) is 3.73. The van der Waals surface area contributed by atoms with Crippen molar-refractivity contribution in [3.05, 3.63) is 57.8 Å². The summed E-state index contributed by atoms with van der Waals surface area (Å²) in [7, 11) is 0. The predicted octanol–water partition coefficient (Wildman–Crippen LogP) is 3.69. The van der Waals surface area contributed by atoms with Crippen LogP contribution in [-0.4, -0.2) is 20.9 Å². The molecular formula is C19H18FN3O2. The van der Waals surface area contributed by atoms with Crippen molar-refractivity contribution in [1.82, 2.24) is 14.6 Å². The van der Waals surface area contributed by atoms with Crippen molar-refractivity contribution < 1.29 is 9.18 Å². The number of H-pyrrole nitrogens is 1. The average molecular weight is 339 g/mol. The topological polar surface area (TPSA) is 67.2 Å². The van der Waals surface area contributed by atoms with Gasteiger partial charge in [0.15, 0.2) is 11.9 Å². The van der Waals surface area contributed by atoms with Crippen LogP contribution >= 0.6 is 0 Å². The molecule has 0 radical (unpaired) electrons. The normalized spacial score (nSPS) is 15.6. The van der Waals surface area contributed by atoms with Gasteiger partial charge in [-0.05, 0) is 30.9 Å². The number of rotatable bonds is 3. The third-order valence-corrected chi connectivity index (χ3v) is 4.91. The van der Waals surface area contributed by atoms with Crippen LogP contribution in [0.15, 0.2) is 35.1 Å². The monoisotopic (exact) mass is 339 g/mol. The first-order valence-electron chi connectivity index (χ1n) is 8.54. The third-order valence-electron chi connectivity index (χ3n) is 4.91. The van der Waals surface area contributed by atoms with E-state index in [9.17, 15) is 14.0 Å². The molecular weight excluding hydrogens is 321 g/mol. The number of carbonyl (C=O) groups is 1. The largest absolute Gasteiger partial charge is 0.296 e. The van der Waals surface area contributed by atoms with Crippen LogP contribution < -0.4 is 5.56 Å². The van der Waals surface area contributed by atoms with Crippen LogP contribution in [0, 0.1) is 5.82 Å². The first-order valence-corrected chi connectivity index (χ1v) is 8.54. The highest BCUT2D eigenvalue weighted by atomic mass is 19.1. The van der Waals surface area contributed by atoms with Gasteiger partial charge in [-0.3, -0.25) is 14.7 Å². The Balaban J connectivity index is 2.00. The maximum atomic E-state index is 13.7. The van der Waals surface area contributed by atoms with E-state index in [-0.39, 0.29) is 23.0 Å². The van der Waals surface area contributed by atoms with E-state index >= 15 is 0 Å². The van der Waals surface area contributed by atoms with Gasteiger partial charge in [-0.2, -0.15) is 0 Å². The Hall–Kier alpha value is -2.76. The van der Waals surface area contributed by atoms with Gasteiger partial charge in [0.1, 0.15) is 5.82 Å². The number of nitrogens with zero attached hydrogens (tertiary/aromatic N) is 2. The molecule has 0 spiro atoms. The number of hydrogen-bond acceptors (Lipinski definition) is 3. The highest BCUT2D eigenvalue weighted by molar-refractivity contribution is 5.75. The highest BCUT2D eigenvalue weighted by Crippen LogP contribution is 2.35. The minimum absolute atomic E-state index is 0.104. The van der Waals surface area contributed by atoms with Crippen molar-refractivity contribution >= 4 is 11.9 Å². The van der Waals surface area contributed by atoms with Gasteiger partial charge in [0, 0.05) is 17.2 Å². The number of hydrogen-bond donors (Lipinski definition) is 1. The van der Waals surface area contributed by atoms with Crippen LogP contribution in [0.2, 0.25) is 0 Å². The van der Waals surface area contributed by atoms with E-state index in [0.717, 1.165) is 25.7 Å². The molecule has 5 nitrogen and oxygen atoms in total. The van der Waals surface area contributed by atoms with Crippen molar-refractivity contribution in [2.45, 2.75) is 38.0 Å². The van der Waals surface area contributed by atoms with Gasteiger partial charge >= 0.3 is 0 Å². The number of fused-ring (bicyclic) bond motifs is 1. The van der Waals surface area contributed by atoms with Crippen molar-refractivity contribution in [3.8, 4) is 11.3 Å². The fourth-order valence-corrected chi connectivity index (χ4v) is 3.73. The molecule has 0 aliphatic heterocycles. The van der Waals surface area contributed by atoms with E-state index in [0.29, 0.717) is 28.8 Å². The summed E-state index contributed by atoms with van der Waals surface area (Å²) in [4.78, 5) is 28.8. The van der Waals surface area contributed by atoms with E-state index < -0.39 is 0 Å². The average Bonchev–Trinajstić information content (AvgIpc) is 3.06. The third kappa shape index (κ3) is 2.77. The van der Waals surface area contributed by atoms with Gasteiger partial charge in [0.2, 0.25) is 0 Å². The molecule has 6 heteroatoms. The van der Waals surface area contributed by atoms with Crippen LogP contribution in [0.4, 0.5) is 4.39 Å². The SMILES string of the molecule is O=Cc1cc2nc(-c3cccc(F)c3)c(C3CCCCC3)c(=O)n2[nH]1. The number of aromatic amines is 1. The molecule has 128 valence electrons. The number of carbonyl (C=O) groups excluding carboxylic acids is 1. The minimum Gasteiger partial charge on any atom is -0.296 e. The zero-order valence-electron chi connectivity index (χ0n) is 13.7. The Bertz CT molecular complexity index is 1000. The summed E-state index contributed by atoms with van der Waals surface area (Å²) in [6, 6.07) is 7.68. The molecule has 1 saturated carbocycles. The van der Waals surface area contributed by atoms with Crippen molar-refractivity contribution in [3.63, 3.8) is 0 Å². The molecule has 2 heterocycles. The van der Waals surface area contributed by atoms with Crippen molar-refractivity contribution in [1.29, 1.82) is 0 Å². The predicted molar refractivity (Wildman–Crippen MR) is 92.4 cm³/mol. The second-order valence-corrected chi connectivity index (χ2v) is 6.55. The minimum atomic E-state index is -0.364. The summed E-state index contributed by atoms with van der Waals surface area (Å²) in [5.74, 6) is -0.261. The van der Waals surface area contributed by atoms with Crippen molar-refractivity contribution in [2.75, 3.05) is 0 Å². The van der Waals surface area contributed by atoms with Crippen LogP contribution in [0.25, 0.3) is 16.9 Å². The van der Waals surface area contributed by atoms with E-state index in [2.05, 4.69) is 10.1 Å². The van der Waals surface area contributed by atoms with Crippen LogP contribution in [0.5, 0.6) is 0 Å². The van der Waals surface area contributed by atoms with E-state index in [1.54, 1.807) is 12.1 Å². The molecule has 0 atom stereocenters. The summed E-state index contributed by atoms with van der Waals surface area (Å²) in [6.45, 7) is 0. The van der Waals surface area contributed by atoms with Crippen LogP contribution in [-0.2, 0) is 0 Å². The molecule has 0 amide bonds. The van der Waals surface area contributed by atoms with E-state index in [4.69, 9.17) is 0 Å². The lowest BCUT2D eigenvalue weighted by molar-refractivity contribution is 0.111. The summed E-state index contributed by atoms with van der Waals surface area (Å²) in [6.07, 6.45) is 5.80. The summed E-state index contributed by atoms with van der Waals surface area (Å²) in [5.41, 5.74) is 2.18. The summed E-state index contributed by atoms with van der Waals surface area (Å²) < 4.78 is 15.1. The molecule has 0 bridgehead atoms. The first kappa shape index (κ1) is 15.7. The molecule has 2 aromatic heterocycles. The molecule has 1 aromatic carbocycles. The van der Waals surface area contributed by atoms with E-state index in [1.807, 2.05) is 0 Å². The van der Waals surface area contributed by atoms with Gasteiger partial charge in [-0.15, -0.1) is 0 Å². The number of aldehydes is 1. The Kier molecular flexibility index (Phi) is 3.95. The molecule has 1 aliphatic carbocycles. The lowest BCUT2D eigenvalue weighted by atomic mass is 9.83. The number of halogens is 1. The van der Waals surface area contributed by atoms with Crippen LogP contribution in [0.3, 0.4) is 0 Å². The molecule has 25 heavy (non-hydrogen) atoms. The molecule has 1 fully saturated rings. The number of benzene rings is 1. The van der Waals surface area contributed by atoms with E-state index in [1.165, 1.54) is 29.1 Å². The van der Waals surface area contributed by atoms with Crippen LogP contribution in [0.1, 0.15) is 54.1 Å². The lowest BCUT2D eigenvalue weighted by Crippen LogP contribution is -2.25. The molecule has 3 aromatic rings. The van der Waals surface area contributed by atoms with Gasteiger partial charge in [0.25, 0.3) is 5.56 Å². The smallest absolute Gasteiger partial charge is 0.276 e. The standard InChI is InChI=1S/C19H18FN3O2/c20-14-8-4-7-13(9-14)18-17(12-5-2-1-3-6-12)19(25)23-16(21-18)10-15(11-24)22-23/h4,7-12,22H,1-3,5-6H2. The quantitative estimate of drug-likeness (QED) is 0.740. The van der Waals surface area contributed by atoms with Gasteiger partial charge < -0.3 is 0 Å². The molecule has 0 unspecified atom stereocenters. The molecule has 4 rings (SSSR count). The highest BCUT2D eigenvalue weighted by Gasteiger charge is 2.25. The Morgan fingerprint density at radius 2 is 2.00 bits per heavy atom. The maximum Gasteiger partial charge on any atom is 0.276 e. The number of nitrogens with one attached hydrogen (secondary N) is 1. The summed E-state index contributed by atoms with van der Waals surface area (Å²) >= 11 is 0. The fraction of sp³-hybridized carbons (Fsp3) is 0.316. The Labute approximate surface area is 143 Å². The molecule has 0 saturated heterocycles. The molecule has 1 aliphatic rings. The first-order chi connectivity index (χ1) is 12.2. The van der Waals surface area contributed by atoms with Gasteiger partial charge in [-0.25, -0.2) is 13.9 Å². The Morgan fingerprint density at radius 3 is 2.72 bits per heavy atom. The number of aromatic nitrogens is 3. The summed E-state index contributed by atoms with van der Waals surface area (Å²) in [5, 5.41) is 2.78. The lowest BCUT2D eigenvalue weighted by Gasteiger charge is -2.23. The Morgan fingerprint density at radius 1 is 1.20 bits per heavy atom. The second kappa shape index (κ2) is 6.27. The second-order valence-electron chi connectivity index (χ2n) is 6.55. The van der Waals surface area contributed by atoms with Crippen molar-refractivity contribution in [2.24, 2.45) is 0 Å². The van der Waals surface area contributed by atoms with Gasteiger partial charge in [0.05, 0.1) is 11.4 Å². The zero-order chi connectivity index (χ0) is 17.4. The molecule has 1 N–H and O–H groups in total.